The SMILES string of the molecule is NCC(CC(=O)O)c1ncc(Br)s1. The topological polar surface area (TPSA) is 76.2 Å². The van der Waals surface area contributed by atoms with E-state index in [4.69, 9.17) is 10.8 Å². The molecule has 1 heterocycles. The molecule has 1 aromatic heterocycles. The molecule has 3 N–H and O–H groups in total. The largest absolute Gasteiger partial charge is 0.481 e. The number of thiazole rings is 1. The van der Waals surface area contributed by atoms with E-state index in [1.807, 2.05) is 0 Å². The Morgan fingerprint density at radius 1 is 1.85 bits per heavy atom. The molecule has 0 saturated heterocycles. The number of nitrogens with zero attached hydrogens (tertiary/aromatic N) is 1. The van der Waals surface area contributed by atoms with Crippen LogP contribution < -0.4 is 5.73 Å². The second-order valence-electron chi connectivity index (χ2n) is 2.53. The van der Waals surface area contributed by atoms with Gasteiger partial charge in [0.1, 0.15) is 0 Å². The number of hydrogen-bond donors (Lipinski definition) is 2. The molecule has 6 heteroatoms. The van der Waals surface area contributed by atoms with E-state index in [0.29, 0.717) is 6.54 Å². The minimum Gasteiger partial charge on any atom is -0.481 e. The molecule has 0 aliphatic heterocycles. The van der Waals surface area contributed by atoms with Crippen LogP contribution in [0, 0.1) is 0 Å². The third-order valence-corrected chi connectivity index (χ3v) is 3.19. The van der Waals surface area contributed by atoms with E-state index in [2.05, 4.69) is 20.9 Å². The van der Waals surface area contributed by atoms with E-state index in [0.717, 1.165) is 8.79 Å². The lowest BCUT2D eigenvalue weighted by Crippen LogP contribution is -2.15. The van der Waals surface area contributed by atoms with Crippen molar-refractivity contribution in [2.24, 2.45) is 5.73 Å². The van der Waals surface area contributed by atoms with Gasteiger partial charge in [-0.2, -0.15) is 0 Å². The number of carboxylic acid groups (broad SMARTS) is 1. The standard InChI is InChI=1S/C7H9BrN2O2S/c8-5-3-10-7(13-5)4(2-9)1-6(11)12/h3-4H,1-2,9H2,(H,11,12). The van der Waals surface area contributed by atoms with Crippen LogP contribution in [0.5, 0.6) is 0 Å². The molecular formula is C7H9BrN2O2S. The highest BCUT2D eigenvalue weighted by molar-refractivity contribution is 9.11. The first-order valence-corrected chi connectivity index (χ1v) is 5.27. The van der Waals surface area contributed by atoms with Gasteiger partial charge in [0.05, 0.1) is 21.4 Å². The molecule has 0 fully saturated rings. The third kappa shape index (κ3) is 3.06. The quantitative estimate of drug-likeness (QED) is 0.863. The minimum atomic E-state index is -0.846. The summed E-state index contributed by atoms with van der Waals surface area (Å²) in [4.78, 5) is 14.5. The van der Waals surface area contributed by atoms with Gasteiger partial charge in [-0.25, -0.2) is 4.98 Å². The number of halogens is 1. The number of rotatable bonds is 4. The Morgan fingerprint density at radius 2 is 2.54 bits per heavy atom. The van der Waals surface area contributed by atoms with Gasteiger partial charge < -0.3 is 10.8 Å². The van der Waals surface area contributed by atoms with E-state index in [1.165, 1.54) is 11.3 Å². The average Bonchev–Trinajstić information content (AvgIpc) is 2.47. The van der Waals surface area contributed by atoms with Gasteiger partial charge in [0.15, 0.2) is 0 Å². The Balaban J connectivity index is 2.72. The fraction of sp³-hybridized carbons (Fsp3) is 0.429. The summed E-state index contributed by atoms with van der Waals surface area (Å²) in [6, 6.07) is 0. The zero-order valence-corrected chi connectivity index (χ0v) is 9.14. The van der Waals surface area contributed by atoms with Crippen molar-refractivity contribution < 1.29 is 9.90 Å². The lowest BCUT2D eigenvalue weighted by molar-refractivity contribution is -0.137. The predicted molar refractivity (Wildman–Crippen MR) is 53.9 cm³/mol. The molecular weight excluding hydrogens is 256 g/mol. The first-order valence-electron chi connectivity index (χ1n) is 3.66. The smallest absolute Gasteiger partial charge is 0.304 e. The van der Waals surface area contributed by atoms with Crippen molar-refractivity contribution in [3.63, 3.8) is 0 Å². The van der Waals surface area contributed by atoms with Gasteiger partial charge in [0.2, 0.25) is 0 Å². The van der Waals surface area contributed by atoms with Crippen molar-refractivity contribution in [3.05, 3.63) is 15.0 Å². The molecule has 4 nitrogen and oxygen atoms in total. The summed E-state index contributed by atoms with van der Waals surface area (Å²) in [6.45, 7) is 0.312. The highest BCUT2D eigenvalue weighted by atomic mass is 79.9. The monoisotopic (exact) mass is 264 g/mol. The molecule has 13 heavy (non-hydrogen) atoms. The van der Waals surface area contributed by atoms with Crippen LogP contribution in [0.1, 0.15) is 17.3 Å². The fourth-order valence-electron chi connectivity index (χ4n) is 0.938. The maximum Gasteiger partial charge on any atom is 0.304 e. The van der Waals surface area contributed by atoms with Crippen LogP contribution in [0.25, 0.3) is 0 Å². The van der Waals surface area contributed by atoms with Gasteiger partial charge in [-0.15, -0.1) is 11.3 Å². The second-order valence-corrected chi connectivity index (χ2v) is 4.97. The van der Waals surface area contributed by atoms with E-state index < -0.39 is 5.97 Å². The lowest BCUT2D eigenvalue weighted by Gasteiger charge is -2.07. The first-order chi connectivity index (χ1) is 6.13. The maximum atomic E-state index is 10.5. The Bertz CT molecular complexity index is 302. The summed E-state index contributed by atoms with van der Waals surface area (Å²) in [5.41, 5.74) is 5.45. The van der Waals surface area contributed by atoms with Gasteiger partial charge in [-0.05, 0) is 15.9 Å². The molecule has 0 bridgehead atoms. The number of hydrogen-bond acceptors (Lipinski definition) is 4. The zero-order chi connectivity index (χ0) is 9.84. The first kappa shape index (κ1) is 10.6. The summed E-state index contributed by atoms with van der Waals surface area (Å²) in [7, 11) is 0. The molecule has 1 rings (SSSR count). The summed E-state index contributed by atoms with van der Waals surface area (Å²) in [6.07, 6.45) is 1.70. The number of carbonyl (C=O) groups is 1. The molecule has 0 saturated carbocycles. The van der Waals surface area contributed by atoms with Crippen LogP contribution >= 0.6 is 27.3 Å². The Labute approximate surface area is 87.9 Å². The molecule has 0 aliphatic carbocycles. The van der Waals surface area contributed by atoms with Crippen molar-refractivity contribution in [2.45, 2.75) is 12.3 Å². The third-order valence-electron chi connectivity index (χ3n) is 1.55. The lowest BCUT2D eigenvalue weighted by atomic mass is 10.1. The number of carboxylic acids is 1. The molecule has 72 valence electrons. The summed E-state index contributed by atoms with van der Waals surface area (Å²) in [5.74, 6) is -1.02. The van der Waals surface area contributed by atoms with Crippen LogP contribution in [-0.4, -0.2) is 22.6 Å². The van der Waals surface area contributed by atoms with Crippen LogP contribution in [0.3, 0.4) is 0 Å². The summed E-state index contributed by atoms with van der Waals surface area (Å²) in [5, 5.41) is 9.37. The van der Waals surface area contributed by atoms with E-state index in [9.17, 15) is 4.79 Å². The molecule has 1 atom stereocenters. The fourth-order valence-corrected chi connectivity index (χ4v) is 2.29. The number of aliphatic carboxylic acids is 1. The highest BCUT2D eigenvalue weighted by Crippen LogP contribution is 2.27. The van der Waals surface area contributed by atoms with Crippen molar-refractivity contribution in [3.8, 4) is 0 Å². The van der Waals surface area contributed by atoms with Crippen LogP contribution in [-0.2, 0) is 4.79 Å². The predicted octanol–water partition coefficient (Wildman–Crippen LogP) is 1.42. The zero-order valence-electron chi connectivity index (χ0n) is 6.74. The molecule has 0 radical (unpaired) electrons. The molecule has 0 amide bonds. The van der Waals surface area contributed by atoms with Gasteiger partial charge in [0.25, 0.3) is 0 Å². The van der Waals surface area contributed by atoms with E-state index in [1.54, 1.807) is 6.20 Å². The normalized spacial score (nSPS) is 12.8. The number of aromatic nitrogens is 1. The van der Waals surface area contributed by atoms with Gasteiger partial charge in [-0.3, -0.25) is 4.79 Å². The molecule has 0 spiro atoms. The van der Waals surface area contributed by atoms with Crippen LogP contribution in [0.4, 0.5) is 0 Å². The molecule has 0 aromatic carbocycles. The molecule has 1 unspecified atom stereocenters. The van der Waals surface area contributed by atoms with Crippen molar-refractivity contribution in [1.82, 2.24) is 4.98 Å². The number of nitrogens with two attached hydrogens (primary N) is 1. The summed E-state index contributed by atoms with van der Waals surface area (Å²) < 4.78 is 0.895. The Morgan fingerprint density at radius 3 is 2.92 bits per heavy atom. The van der Waals surface area contributed by atoms with E-state index >= 15 is 0 Å². The minimum absolute atomic E-state index is 0.0381. The van der Waals surface area contributed by atoms with Crippen LogP contribution in [0.2, 0.25) is 0 Å². The van der Waals surface area contributed by atoms with Gasteiger partial charge >= 0.3 is 5.97 Å². The molecule has 0 aliphatic rings. The van der Waals surface area contributed by atoms with Gasteiger partial charge in [-0.1, -0.05) is 0 Å². The highest BCUT2D eigenvalue weighted by Gasteiger charge is 2.16. The Hall–Kier alpha value is -0.460. The second kappa shape index (κ2) is 4.69. The van der Waals surface area contributed by atoms with Crippen molar-refractivity contribution >= 4 is 33.2 Å². The van der Waals surface area contributed by atoms with Crippen molar-refractivity contribution in [2.75, 3.05) is 6.54 Å². The van der Waals surface area contributed by atoms with Gasteiger partial charge in [0, 0.05) is 12.5 Å². The summed E-state index contributed by atoms with van der Waals surface area (Å²) >= 11 is 4.69. The van der Waals surface area contributed by atoms with E-state index in [-0.39, 0.29) is 12.3 Å². The molecule has 1 aromatic rings. The Kier molecular flexibility index (Phi) is 3.83. The van der Waals surface area contributed by atoms with Crippen LogP contribution in [0.15, 0.2) is 9.98 Å². The average molecular weight is 265 g/mol. The van der Waals surface area contributed by atoms with Crippen molar-refractivity contribution in [1.29, 1.82) is 0 Å². The maximum absolute atomic E-state index is 10.5.